The Bertz CT molecular complexity index is 413. The monoisotopic (exact) mass is 402 g/mol. The third-order valence-corrected chi connectivity index (χ3v) is 4.58. The Kier molecular flexibility index (Phi) is 20.1. The molecule has 0 saturated heterocycles. The van der Waals surface area contributed by atoms with Crippen LogP contribution in [0, 0.1) is 0 Å². The summed E-state index contributed by atoms with van der Waals surface area (Å²) < 4.78 is 0. The van der Waals surface area contributed by atoms with E-state index < -0.39 is 11.9 Å². The van der Waals surface area contributed by atoms with Crippen LogP contribution < -0.4 is 0 Å². The van der Waals surface area contributed by atoms with Gasteiger partial charge >= 0.3 is 11.9 Å². The maximum absolute atomic E-state index is 10.4. The largest absolute Gasteiger partial charge is 0.481 e. The molecule has 0 aromatic heterocycles. The van der Waals surface area contributed by atoms with Gasteiger partial charge in [0.25, 0.3) is 0 Å². The summed E-state index contributed by atoms with van der Waals surface area (Å²) >= 11 is 0. The van der Waals surface area contributed by atoms with Gasteiger partial charge in [-0.1, -0.05) is 49.0 Å². The molecule has 0 fully saturated rings. The normalized spacial score (nSPS) is 11.9. The molecule has 2 N–H and O–H groups in total. The standard InChI is InChI=1S/C22H38O4.ClH/c1-19(13-7-3-5-9-17-21(23)24)15-11-12-16-20(2)14-8-4-6-10-18-22(25)26;/h15-16H,3-14,17-18H2,1-2H3,(H,23,24)(H,25,26);1H. The molecule has 0 saturated carbocycles. The third kappa shape index (κ3) is 22.7. The molecule has 5 heteroatoms. The Morgan fingerprint density at radius 3 is 1.19 bits per heavy atom. The number of hydrogen-bond donors (Lipinski definition) is 2. The van der Waals surface area contributed by atoms with Crippen LogP contribution >= 0.6 is 12.4 Å². The number of carbonyl (C=O) groups is 2. The lowest BCUT2D eigenvalue weighted by Gasteiger charge is -2.03. The molecule has 0 bridgehead atoms. The summed E-state index contributed by atoms with van der Waals surface area (Å²) in [5.74, 6) is -1.38. The van der Waals surface area contributed by atoms with E-state index in [9.17, 15) is 9.59 Å². The highest BCUT2D eigenvalue weighted by Gasteiger charge is 1.98. The molecule has 0 aliphatic rings. The first-order valence-corrected chi connectivity index (χ1v) is 10.2. The minimum absolute atomic E-state index is 0. The van der Waals surface area contributed by atoms with Crippen molar-refractivity contribution in [3.05, 3.63) is 23.3 Å². The zero-order valence-corrected chi connectivity index (χ0v) is 18.0. The smallest absolute Gasteiger partial charge is 0.303 e. The van der Waals surface area contributed by atoms with Crippen molar-refractivity contribution in [3.8, 4) is 0 Å². The number of aliphatic carboxylic acids is 2. The number of rotatable bonds is 17. The average molecular weight is 403 g/mol. The van der Waals surface area contributed by atoms with Gasteiger partial charge < -0.3 is 10.2 Å². The van der Waals surface area contributed by atoms with Gasteiger partial charge in [0.15, 0.2) is 0 Å². The molecule has 0 aromatic carbocycles. The lowest BCUT2D eigenvalue weighted by Crippen LogP contribution is -1.93. The van der Waals surface area contributed by atoms with Crippen LogP contribution in [0.15, 0.2) is 23.3 Å². The predicted octanol–water partition coefficient (Wildman–Crippen LogP) is 6.93. The fourth-order valence-corrected chi connectivity index (χ4v) is 2.93. The first kappa shape index (κ1) is 27.9. The quantitative estimate of drug-likeness (QED) is 0.204. The fourth-order valence-electron chi connectivity index (χ4n) is 2.93. The van der Waals surface area contributed by atoms with Gasteiger partial charge in [-0.2, -0.15) is 0 Å². The van der Waals surface area contributed by atoms with Crippen molar-refractivity contribution in [2.24, 2.45) is 0 Å². The zero-order valence-electron chi connectivity index (χ0n) is 17.2. The van der Waals surface area contributed by atoms with Crippen molar-refractivity contribution in [1.82, 2.24) is 0 Å². The summed E-state index contributed by atoms with van der Waals surface area (Å²) in [6, 6.07) is 0. The Balaban J connectivity index is 0. The second kappa shape index (κ2) is 19.5. The Morgan fingerprint density at radius 2 is 0.889 bits per heavy atom. The van der Waals surface area contributed by atoms with Crippen molar-refractivity contribution in [2.45, 2.75) is 104 Å². The lowest BCUT2D eigenvalue weighted by atomic mass is 10.0. The second-order valence-corrected chi connectivity index (χ2v) is 7.29. The van der Waals surface area contributed by atoms with Crippen LogP contribution in [0.2, 0.25) is 0 Å². The van der Waals surface area contributed by atoms with E-state index in [0.717, 1.165) is 77.0 Å². The molecule has 0 spiro atoms. The van der Waals surface area contributed by atoms with Crippen LogP contribution in [-0.4, -0.2) is 22.2 Å². The molecule has 0 aromatic rings. The van der Waals surface area contributed by atoms with E-state index in [1.54, 1.807) is 0 Å². The highest BCUT2D eigenvalue weighted by atomic mass is 35.5. The number of halogens is 1. The average Bonchev–Trinajstić information content (AvgIpc) is 2.57. The lowest BCUT2D eigenvalue weighted by molar-refractivity contribution is -0.138. The van der Waals surface area contributed by atoms with Gasteiger partial charge in [0.1, 0.15) is 0 Å². The zero-order chi connectivity index (χ0) is 19.6. The van der Waals surface area contributed by atoms with E-state index in [2.05, 4.69) is 26.0 Å². The van der Waals surface area contributed by atoms with E-state index in [1.165, 1.54) is 11.1 Å². The highest BCUT2D eigenvalue weighted by molar-refractivity contribution is 5.85. The molecule has 0 rings (SSSR count). The molecular formula is C22H39ClO4. The minimum Gasteiger partial charge on any atom is -0.481 e. The molecule has 0 aliphatic heterocycles. The van der Waals surface area contributed by atoms with E-state index in [-0.39, 0.29) is 12.4 Å². The van der Waals surface area contributed by atoms with E-state index in [0.29, 0.717) is 12.8 Å². The van der Waals surface area contributed by atoms with E-state index >= 15 is 0 Å². The second-order valence-electron chi connectivity index (χ2n) is 7.29. The Morgan fingerprint density at radius 1 is 0.593 bits per heavy atom. The maximum atomic E-state index is 10.4. The molecule has 0 aliphatic carbocycles. The van der Waals surface area contributed by atoms with Crippen molar-refractivity contribution < 1.29 is 19.8 Å². The van der Waals surface area contributed by atoms with E-state index in [1.807, 2.05) is 0 Å². The third-order valence-electron chi connectivity index (χ3n) is 4.58. The van der Waals surface area contributed by atoms with Crippen LogP contribution in [0.3, 0.4) is 0 Å². The molecule has 158 valence electrons. The number of allylic oxidation sites excluding steroid dienone is 4. The predicted molar refractivity (Wildman–Crippen MR) is 115 cm³/mol. The van der Waals surface area contributed by atoms with Gasteiger partial charge in [-0.15, -0.1) is 12.4 Å². The van der Waals surface area contributed by atoms with Crippen molar-refractivity contribution in [1.29, 1.82) is 0 Å². The van der Waals surface area contributed by atoms with Crippen LogP contribution in [-0.2, 0) is 9.59 Å². The molecule has 0 radical (unpaired) electrons. The van der Waals surface area contributed by atoms with Gasteiger partial charge in [-0.3, -0.25) is 9.59 Å². The van der Waals surface area contributed by atoms with Crippen LogP contribution in [0.4, 0.5) is 0 Å². The highest BCUT2D eigenvalue weighted by Crippen LogP contribution is 2.14. The van der Waals surface area contributed by atoms with Crippen LogP contribution in [0.25, 0.3) is 0 Å². The molecule has 0 atom stereocenters. The fraction of sp³-hybridized carbons (Fsp3) is 0.727. The molecule has 0 amide bonds. The molecule has 27 heavy (non-hydrogen) atoms. The van der Waals surface area contributed by atoms with Crippen LogP contribution in [0.5, 0.6) is 0 Å². The van der Waals surface area contributed by atoms with E-state index in [4.69, 9.17) is 10.2 Å². The summed E-state index contributed by atoms with van der Waals surface area (Å²) in [5, 5.41) is 17.2. The van der Waals surface area contributed by atoms with Gasteiger partial charge in [0, 0.05) is 12.8 Å². The SMILES string of the molecule is CC(=CCCC=C(C)CCCCCCC(=O)O)CCCCCCC(=O)O.Cl. The molecular weight excluding hydrogens is 364 g/mol. The molecule has 0 heterocycles. The minimum atomic E-state index is -0.692. The summed E-state index contributed by atoms with van der Waals surface area (Å²) in [7, 11) is 0. The van der Waals surface area contributed by atoms with Crippen LogP contribution in [0.1, 0.15) is 104 Å². The molecule has 4 nitrogen and oxygen atoms in total. The van der Waals surface area contributed by atoms with Gasteiger partial charge in [-0.05, 0) is 65.2 Å². The summed E-state index contributed by atoms with van der Waals surface area (Å²) in [6.07, 6.45) is 17.8. The Hall–Kier alpha value is -1.29. The number of carboxylic acid groups (broad SMARTS) is 2. The number of unbranched alkanes of at least 4 members (excludes halogenated alkanes) is 7. The summed E-state index contributed by atoms with van der Waals surface area (Å²) in [5.41, 5.74) is 2.88. The molecule has 0 unspecified atom stereocenters. The number of carboxylic acids is 2. The maximum Gasteiger partial charge on any atom is 0.303 e. The van der Waals surface area contributed by atoms with Crippen molar-refractivity contribution >= 4 is 24.3 Å². The topological polar surface area (TPSA) is 74.6 Å². The van der Waals surface area contributed by atoms with Gasteiger partial charge in [0.2, 0.25) is 0 Å². The summed E-state index contributed by atoms with van der Waals surface area (Å²) in [6.45, 7) is 4.37. The first-order chi connectivity index (χ1) is 12.4. The van der Waals surface area contributed by atoms with Gasteiger partial charge in [-0.25, -0.2) is 0 Å². The van der Waals surface area contributed by atoms with Crippen molar-refractivity contribution in [2.75, 3.05) is 0 Å². The summed E-state index contributed by atoms with van der Waals surface area (Å²) in [4.78, 5) is 20.8. The number of hydrogen-bond acceptors (Lipinski definition) is 2. The Labute approximate surface area is 171 Å². The van der Waals surface area contributed by atoms with Crippen molar-refractivity contribution in [3.63, 3.8) is 0 Å². The van der Waals surface area contributed by atoms with Gasteiger partial charge in [0.05, 0.1) is 0 Å². The first-order valence-electron chi connectivity index (χ1n) is 10.2.